The Bertz CT molecular complexity index is 1280. The predicted molar refractivity (Wildman–Crippen MR) is 122 cm³/mol. The number of anilines is 1. The van der Waals surface area contributed by atoms with Crippen LogP contribution in [-0.2, 0) is 6.54 Å². The number of aromatic nitrogens is 3. The number of thiazole rings is 1. The van der Waals surface area contributed by atoms with E-state index in [2.05, 4.69) is 22.3 Å². The Morgan fingerprint density at radius 2 is 1.90 bits per heavy atom. The first-order valence-electron chi connectivity index (χ1n) is 10.2. The normalized spacial score (nSPS) is 11.3. The second-order valence-electron chi connectivity index (χ2n) is 7.35. The van der Waals surface area contributed by atoms with Crippen LogP contribution in [0.25, 0.3) is 21.0 Å². The first kappa shape index (κ1) is 20.2. The van der Waals surface area contributed by atoms with Crippen molar-refractivity contribution >= 4 is 43.9 Å². The van der Waals surface area contributed by atoms with Gasteiger partial charge >= 0.3 is 0 Å². The van der Waals surface area contributed by atoms with Crippen molar-refractivity contribution in [2.24, 2.45) is 0 Å². The second-order valence-corrected chi connectivity index (χ2v) is 8.59. The van der Waals surface area contributed by atoms with Crippen LogP contribution in [0, 0.1) is 6.92 Å². The zero-order valence-corrected chi connectivity index (χ0v) is 18.0. The maximum absolute atomic E-state index is 13.1. The smallest absolute Gasteiger partial charge is 0.276 e. The summed E-state index contributed by atoms with van der Waals surface area (Å²) in [6, 6.07) is 12.8. The Labute approximate surface area is 178 Å². The fraction of sp³-hybridized carbons (Fsp3) is 0.304. The first-order valence-corrected chi connectivity index (χ1v) is 11.1. The van der Waals surface area contributed by atoms with E-state index in [1.807, 2.05) is 37.3 Å². The number of fused-ring (bicyclic) bond motifs is 2. The molecule has 30 heavy (non-hydrogen) atoms. The maximum atomic E-state index is 13.1. The van der Waals surface area contributed by atoms with E-state index in [0.29, 0.717) is 23.0 Å². The number of benzene rings is 2. The number of amides is 1. The van der Waals surface area contributed by atoms with Gasteiger partial charge in [-0.15, -0.1) is 11.3 Å². The lowest BCUT2D eigenvalue weighted by Crippen LogP contribution is -2.27. The fourth-order valence-electron chi connectivity index (χ4n) is 3.55. The number of carbonyl (C=O) groups excluding carboxylic acids is 1. The molecular formula is C23H24N4O2S. The minimum absolute atomic E-state index is 0.153. The molecule has 154 valence electrons. The number of unbranched alkanes of at least 4 members (excludes halogenated alkanes) is 3. The summed E-state index contributed by atoms with van der Waals surface area (Å²) >= 11 is 1.59. The molecule has 4 aromatic rings. The third-order valence-corrected chi connectivity index (χ3v) is 5.99. The van der Waals surface area contributed by atoms with Gasteiger partial charge in [-0.25, -0.2) is 9.67 Å². The summed E-state index contributed by atoms with van der Waals surface area (Å²) in [7, 11) is 0. The van der Waals surface area contributed by atoms with Gasteiger partial charge in [-0.1, -0.05) is 44.4 Å². The quantitative estimate of drug-likeness (QED) is 0.420. The van der Waals surface area contributed by atoms with Crippen LogP contribution in [0.1, 0.15) is 48.1 Å². The van der Waals surface area contributed by atoms with Crippen molar-refractivity contribution in [1.29, 1.82) is 0 Å². The average molecular weight is 421 g/mol. The molecule has 4 rings (SSSR count). The molecule has 0 aliphatic carbocycles. The minimum atomic E-state index is -0.325. The number of hydrogen-bond acceptors (Lipinski definition) is 5. The number of rotatable bonds is 7. The topological polar surface area (TPSA) is 76.9 Å². The average Bonchev–Trinajstić information content (AvgIpc) is 3.12. The molecule has 0 aliphatic rings. The summed E-state index contributed by atoms with van der Waals surface area (Å²) in [4.78, 5) is 30.4. The lowest BCUT2D eigenvalue weighted by Gasteiger charge is -2.11. The third-order valence-electron chi connectivity index (χ3n) is 5.06. The molecule has 0 spiro atoms. The summed E-state index contributed by atoms with van der Waals surface area (Å²) in [5.41, 5.74) is 1.71. The standard InChI is InChI=1S/C23H24N4O2S/c1-3-4-5-8-13-27-23(29)18-10-7-6-9-17(18)21(26-27)22(28)25-16-11-12-19-20(14-16)30-15(2)24-19/h6-7,9-12,14H,3-5,8,13H2,1-2H3,(H,25,28). The van der Waals surface area contributed by atoms with Gasteiger partial charge in [-0.2, -0.15) is 5.10 Å². The van der Waals surface area contributed by atoms with Crippen LogP contribution >= 0.6 is 11.3 Å². The lowest BCUT2D eigenvalue weighted by atomic mass is 10.1. The van der Waals surface area contributed by atoms with Gasteiger partial charge in [0.2, 0.25) is 0 Å². The zero-order chi connectivity index (χ0) is 21.1. The van der Waals surface area contributed by atoms with Gasteiger partial charge in [-0.3, -0.25) is 9.59 Å². The molecule has 0 aliphatic heterocycles. The molecular weight excluding hydrogens is 396 g/mol. The highest BCUT2D eigenvalue weighted by Gasteiger charge is 2.17. The Morgan fingerprint density at radius 1 is 1.10 bits per heavy atom. The minimum Gasteiger partial charge on any atom is -0.321 e. The van der Waals surface area contributed by atoms with Gasteiger partial charge in [0, 0.05) is 17.6 Å². The van der Waals surface area contributed by atoms with E-state index in [4.69, 9.17) is 0 Å². The molecule has 0 bridgehead atoms. The Kier molecular flexibility index (Phi) is 5.90. The highest BCUT2D eigenvalue weighted by atomic mass is 32.1. The number of aryl methyl sites for hydroxylation is 2. The third kappa shape index (κ3) is 4.11. The van der Waals surface area contributed by atoms with E-state index in [1.54, 1.807) is 23.5 Å². The van der Waals surface area contributed by atoms with Gasteiger partial charge in [0.05, 0.1) is 20.6 Å². The van der Waals surface area contributed by atoms with E-state index in [-0.39, 0.29) is 17.2 Å². The van der Waals surface area contributed by atoms with E-state index < -0.39 is 0 Å². The number of hydrogen-bond donors (Lipinski definition) is 1. The van der Waals surface area contributed by atoms with Gasteiger partial charge in [0.25, 0.3) is 11.5 Å². The highest BCUT2D eigenvalue weighted by molar-refractivity contribution is 7.18. The van der Waals surface area contributed by atoms with E-state index in [9.17, 15) is 9.59 Å². The van der Waals surface area contributed by atoms with Crippen molar-refractivity contribution in [3.63, 3.8) is 0 Å². The molecule has 1 amide bonds. The van der Waals surface area contributed by atoms with Crippen LogP contribution in [0.2, 0.25) is 0 Å². The van der Waals surface area contributed by atoms with Crippen LogP contribution in [0.3, 0.4) is 0 Å². The van der Waals surface area contributed by atoms with E-state index in [1.165, 1.54) is 4.68 Å². The molecule has 2 aromatic heterocycles. The lowest BCUT2D eigenvalue weighted by molar-refractivity contribution is 0.102. The largest absolute Gasteiger partial charge is 0.321 e. The number of nitrogens with zero attached hydrogens (tertiary/aromatic N) is 3. The Morgan fingerprint density at radius 3 is 2.70 bits per heavy atom. The molecule has 0 atom stereocenters. The first-order chi connectivity index (χ1) is 14.6. The Hall–Kier alpha value is -3.06. The SMILES string of the molecule is CCCCCCn1nc(C(=O)Nc2ccc3nc(C)sc3c2)c2ccccc2c1=O. The summed E-state index contributed by atoms with van der Waals surface area (Å²) in [6.45, 7) is 4.62. The molecule has 0 fully saturated rings. The van der Waals surface area contributed by atoms with Gasteiger partial charge in [0.1, 0.15) is 0 Å². The molecule has 2 aromatic carbocycles. The van der Waals surface area contributed by atoms with Crippen molar-refractivity contribution < 1.29 is 4.79 Å². The van der Waals surface area contributed by atoms with E-state index in [0.717, 1.165) is 40.9 Å². The fourth-order valence-corrected chi connectivity index (χ4v) is 4.42. The summed E-state index contributed by atoms with van der Waals surface area (Å²) < 4.78 is 2.45. The van der Waals surface area contributed by atoms with Gasteiger partial charge < -0.3 is 5.32 Å². The summed E-state index contributed by atoms with van der Waals surface area (Å²) in [6.07, 6.45) is 4.14. The van der Waals surface area contributed by atoms with Crippen molar-refractivity contribution in [3.05, 3.63) is 63.5 Å². The number of carbonyl (C=O) groups is 1. The molecule has 0 saturated heterocycles. The van der Waals surface area contributed by atoms with E-state index >= 15 is 0 Å². The van der Waals surface area contributed by atoms with Crippen molar-refractivity contribution in [3.8, 4) is 0 Å². The monoisotopic (exact) mass is 420 g/mol. The molecule has 1 N–H and O–H groups in total. The molecule has 0 radical (unpaired) electrons. The molecule has 6 nitrogen and oxygen atoms in total. The Balaban J connectivity index is 1.67. The number of nitrogens with one attached hydrogen (secondary N) is 1. The highest BCUT2D eigenvalue weighted by Crippen LogP contribution is 2.25. The van der Waals surface area contributed by atoms with Crippen LogP contribution in [0.4, 0.5) is 5.69 Å². The van der Waals surface area contributed by atoms with Crippen LogP contribution in [-0.4, -0.2) is 20.7 Å². The maximum Gasteiger partial charge on any atom is 0.276 e. The molecule has 0 unspecified atom stereocenters. The van der Waals surface area contributed by atoms with Crippen LogP contribution in [0.5, 0.6) is 0 Å². The van der Waals surface area contributed by atoms with Crippen molar-refractivity contribution in [2.45, 2.75) is 46.1 Å². The van der Waals surface area contributed by atoms with Gasteiger partial charge in [0.15, 0.2) is 5.69 Å². The molecule has 7 heteroatoms. The van der Waals surface area contributed by atoms with Crippen molar-refractivity contribution in [1.82, 2.24) is 14.8 Å². The summed E-state index contributed by atoms with van der Waals surface area (Å²) in [5.74, 6) is -0.325. The predicted octanol–water partition coefficient (Wildman–Crippen LogP) is 5.15. The van der Waals surface area contributed by atoms with Crippen molar-refractivity contribution in [2.75, 3.05) is 5.32 Å². The van der Waals surface area contributed by atoms with Crippen LogP contribution in [0.15, 0.2) is 47.3 Å². The zero-order valence-electron chi connectivity index (χ0n) is 17.1. The van der Waals surface area contributed by atoms with Crippen LogP contribution < -0.4 is 10.9 Å². The molecule has 0 saturated carbocycles. The van der Waals surface area contributed by atoms with Gasteiger partial charge in [-0.05, 0) is 37.6 Å². The second kappa shape index (κ2) is 8.75. The molecule has 2 heterocycles. The summed E-state index contributed by atoms with van der Waals surface area (Å²) in [5, 5.41) is 9.45.